The van der Waals surface area contributed by atoms with E-state index in [1.165, 1.54) is 10.4 Å². The molecule has 1 heterocycles. The molecule has 8 heteroatoms. The molecule has 1 N–H and O–H groups in total. The molecule has 7 nitrogen and oxygen atoms in total. The minimum Gasteiger partial charge on any atom is -0.490 e. The van der Waals surface area contributed by atoms with Gasteiger partial charge in [-0.1, -0.05) is 32.0 Å². The third-order valence-electron chi connectivity index (χ3n) is 5.38. The van der Waals surface area contributed by atoms with Crippen molar-refractivity contribution in [2.24, 2.45) is 0 Å². The number of ether oxygens (including phenoxy) is 2. The Morgan fingerprint density at radius 2 is 1.94 bits per heavy atom. The van der Waals surface area contributed by atoms with Crippen LogP contribution in [-0.2, 0) is 14.8 Å². The van der Waals surface area contributed by atoms with E-state index in [0.717, 1.165) is 25.0 Å². The monoisotopic (exact) mass is 446 g/mol. The van der Waals surface area contributed by atoms with Crippen molar-refractivity contribution in [3.63, 3.8) is 0 Å². The Morgan fingerprint density at radius 3 is 2.61 bits per heavy atom. The highest BCUT2D eigenvalue weighted by Gasteiger charge is 2.23. The van der Waals surface area contributed by atoms with Crippen LogP contribution in [0.5, 0.6) is 5.75 Å². The van der Waals surface area contributed by atoms with Gasteiger partial charge in [0.1, 0.15) is 12.4 Å². The van der Waals surface area contributed by atoms with E-state index in [-0.39, 0.29) is 16.9 Å². The van der Waals surface area contributed by atoms with Gasteiger partial charge < -0.3 is 14.8 Å². The molecular formula is C23H30N2O5S. The SMILES string of the molecule is CCN(CC)S(=O)(=O)c1ccc(C)c(NC(=O)c2ccccc2OCC2CCCO2)c1. The Morgan fingerprint density at radius 1 is 1.19 bits per heavy atom. The van der Waals surface area contributed by atoms with Crippen LogP contribution in [0.25, 0.3) is 0 Å². The van der Waals surface area contributed by atoms with Crippen LogP contribution in [-0.4, -0.2) is 51.0 Å². The number of amides is 1. The van der Waals surface area contributed by atoms with Gasteiger partial charge >= 0.3 is 0 Å². The summed E-state index contributed by atoms with van der Waals surface area (Å²) in [7, 11) is -3.62. The fourth-order valence-electron chi connectivity index (χ4n) is 3.54. The molecule has 0 radical (unpaired) electrons. The van der Waals surface area contributed by atoms with E-state index in [2.05, 4.69) is 5.32 Å². The lowest BCUT2D eigenvalue weighted by Gasteiger charge is -2.19. The van der Waals surface area contributed by atoms with E-state index in [0.29, 0.717) is 36.7 Å². The lowest BCUT2D eigenvalue weighted by Crippen LogP contribution is -2.30. The number of hydrogen-bond acceptors (Lipinski definition) is 5. The molecule has 0 bridgehead atoms. The van der Waals surface area contributed by atoms with Crippen molar-refractivity contribution >= 4 is 21.6 Å². The maximum atomic E-state index is 13.0. The number of aryl methyl sites for hydroxylation is 1. The predicted octanol–water partition coefficient (Wildman–Crippen LogP) is 3.84. The molecule has 1 fully saturated rings. The van der Waals surface area contributed by atoms with E-state index in [1.54, 1.807) is 44.2 Å². The summed E-state index contributed by atoms with van der Waals surface area (Å²) in [5.41, 5.74) is 1.61. The molecule has 1 amide bonds. The largest absolute Gasteiger partial charge is 0.490 e. The standard InChI is InChI=1S/C23H30N2O5S/c1-4-25(5-2)31(27,28)19-13-12-17(3)21(15-19)24-23(26)20-10-6-7-11-22(20)30-16-18-9-8-14-29-18/h6-7,10-13,15,18H,4-5,8-9,14,16H2,1-3H3,(H,24,26). The zero-order valence-electron chi connectivity index (χ0n) is 18.3. The molecular weight excluding hydrogens is 416 g/mol. The van der Waals surface area contributed by atoms with Crippen LogP contribution in [0.4, 0.5) is 5.69 Å². The third-order valence-corrected chi connectivity index (χ3v) is 7.43. The van der Waals surface area contributed by atoms with Gasteiger partial charge in [-0.15, -0.1) is 0 Å². The van der Waals surface area contributed by atoms with Gasteiger partial charge in [-0.3, -0.25) is 4.79 Å². The first-order valence-corrected chi connectivity index (χ1v) is 12.1. The first-order chi connectivity index (χ1) is 14.9. The predicted molar refractivity (Wildman–Crippen MR) is 120 cm³/mol. The summed E-state index contributed by atoms with van der Waals surface area (Å²) in [5, 5.41) is 2.85. The van der Waals surface area contributed by atoms with Gasteiger partial charge in [-0.25, -0.2) is 8.42 Å². The first kappa shape index (κ1) is 23.2. The second-order valence-corrected chi connectivity index (χ2v) is 9.40. The maximum absolute atomic E-state index is 13.0. The Hall–Kier alpha value is -2.42. The molecule has 1 saturated heterocycles. The second-order valence-electron chi connectivity index (χ2n) is 7.46. The number of carbonyl (C=O) groups excluding carboxylic acids is 1. The number of rotatable bonds is 9. The summed E-state index contributed by atoms with van der Waals surface area (Å²) < 4.78 is 38.5. The minimum atomic E-state index is -3.62. The summed E-state index contributed by atoms with van der Waals surface area (Å²) in [5.74, 6) is 0.114. The lowest BCUT2D eigenvalue weighted by atomic mass is 10.1. The highest BCUT2D eigenvalue weighted by Crippen LogP contribution is 2.26. The van der Waals surface area contributed by atoms with E-state index >= 15 is 0 Å². The third kappa shape index (κ3) is 5.44. The minimum absolute atomic E-state index is 0.0420. The van der Waals surface area contributed by atoms with Gasteiger partial charge in [0.05, 0.1) is 16.6 Å². The fourth-order valence-corrected chi connectivity index (χ4v) is 5.02. The first-order valence-electron chi connectivity index (χ1n) is 10.6. The molecule has 0 saturated carbocycles. The quantitative estimate of drug-likeness (QED) is 0.633. The van der Waals surface area contributed by atoms with Crippen molar-refractivity contribution < 1.29 is 22.7 Å². The highest BCUT2D eigenvalue weighted by molar-refractivity contribution is 7.89. The molecule has 0 aromatic heterocycles. The zero-order valence-corrected chi connectivity index (χ0v) is 19.1. The smallest absolute Gasteiger partial charge is 0.259 e. The number of hydrogen-bond donors (Lipinski definition) is 1. The van der Waals surface area contributed by atoms with Crippen LogP contribution in [0, 0.1) is 6.92 Å². The zero-order chi connectivity index (χ0) is 22.4. The van der Waals surface area contributed by atoms with Gasteiger partial charge in [0, 0.05) is 25.4 Å². The number of benzene rings is 2. The molecule has 31 heavy (non-hydrogen) atoms. The molecule has 2 aromatic carbocycles. The van der Waals surface area contributed by atoms with Crippen molar-refractivity contribution in [1.82, 2.24) is 4.31 Å². The molecule has 1 aliphatic rings. The van der Waals surface area contributed by atoms with Crippen LogP contribution in [0.1, 0.15) is 42.6 Å². The molecule has 1 unspecified atom stereocenters. The fraction of sp³-hybridized carbons (Fsp3) is 0.435. The van der Waals surface area contributed by atoms with Crippen LogP contribution < -0.4 is 10.1 Å². The Kier molecular flexibility index (Phi) is 7.69. The number of carbonyl (C=O) groups is 1. The second kappa shape index (κ2) is 10.3. The number of para-hydroxylation sites is 1. The molecule has 2 aromatic rings. The van der Waals surface area contributed by atoms with Crippen molar-refractivity contribution in [2.45, 2.75) is 44.6 Å². The summed E-state index contributed by atoms with van der Waals surface area (Å²) >= 11 is 0. The normalized spacial score (nSPS) is 16.5. The van der Waals surface area contributed by atoms with Crippen LogP contribution in [0.2, 0.25) is 0 Å². The molecule has 0 aliphatic carbocycles. The van der Waals surface area contributed by atoms with Gasteiger partial charge in [0.15, 0.2) is 0 Å². The molecule has 168 valence electrons. The van der Waals surface area contributed by atoms with E-state index in [1.807, 2.05) is 13.0 Å². The molecule has 3 rings (SSSR count). The number of sulfonamides is 1. The number of nitrogens with zero attached hydrogens (tertiary/aromatic N) is 1. The van der Waals surface area contributed by atoms with Gasteiger partial charge in [-0.05, 0) is 49.6 Å². The summed E-state index contributed by atoms with van der Waals surface area (Å²) in [4.78, 5) is 13.2. The van der Waals surface area contributed by atoms with Gasteiger partial charge in [0.25, 0.3) is 5.91 Å². The highest BCUT2D eigenvalue weighted by atomic mass is 32.2. The van der Waals surface area contributed by atoms with E-state index < -0.39 is 10.0 Å². The molecule has 0 spiro atoms. The average molecular weight is 447 g/mol. The number of anilines is 1. The topological polar surface area (TPSA) is 84.9 Å². The van der Waals surface area contributed by atoms with Crippen LogP contribution >= 0.6 is 0 Å². The van der Waals surface area contributed by atoms with Crippen molar-refractivity contribution in [3.8, 4) is 5.75 Å². The lowest BCUT2D eigenvalue weighted by molar-refractivity contribution is 0.0673. The van der Waals surface area contributed by atoms with Gasteiger partial charge in [-0.2, -0.15) is 4.31 Å². The van der Waals surface area contributed by atoms with Crippen LogP contribution in [0.15, 0.2) is 47.4 Å². The summed E-state index contributed by atoms with van der Waals surface area (Å²) in [6.45, 7) is 7.30. The molecule has 1 atom stereocenters. The van der Waals surface area contributed by atoms with Crippen LogP contribution in [0.3, 0.4) is 0 Å². The maximum Gasteiger partial charge on any atom is 0.259 e. The van der Waals surface area contributed by atoms with E-state index in [4.69, 9.17) is 9.47 Å². The summed E-state index contributed by atoms with van der Waals surface area (Å²) in [6.07, 6.45) is 2.00. The molecule has 1 aliphatic heterocycles. The average Bonchev–Trinajstić information content (AvgIpc) is 3.28. The Bertz CT molecular complexity index is 1010. The summed E-state index contributed by atoms with van der Waals surface area (Å²) in [6, 6.07) is 11.8. The van der Waals surface area contributed by atoms with E-state index in [9.17, 15) is 13.2 Å². The Labute approximate surface area is 184 Å². The van der Waals surface area contributed by atoms with Crippen molar-refractivity contribution in [1.29, 1.82) is 0 Å². The number of nitrogens with one attached hydrogen (secondary N) is 1. The van der Waals surface area contributed by atoms with Gasteiger partial charge in [0.2, 0.25) is 10.0 Å². The van der Waals surface area contributed by atoms with Crippen molar-refractivity contribution in [2.75, 3.05) is 31.6 Å². The Balaban J connectivity index is 1.81. The van der Waals surface area contributed by atoms with Crippen molar-refractivity contribution in [3.05, 3.63) is 53.6 Å².